The number of rotatable bonds is 4. The van der Waals surface area contributed by atoms with Gasteiger partial charge in [0.1, 0.15) is 22.8 Å². The number of aliphatic hydroxyl groups excluding tert-OH is 2. The van der Waals surface area contributed by atoms with Crippen LogP contribution in [0.3, 0.4) is 0 Å². The number of hydrogen-bond donors (Lipinski definition) is 5. The van der Waals surface area contributed by atoms with Gasteiger partial charge in [-0.15, -0.1) is 0 Å². The van der Waals surface area contributed by atoms with Crippen LogP contribution in [-0.2, 0) is 20.8 Å². The Balaban J connectivity index is 1.67. The summed E-state index contributed by atoms with van der Waals surface area (Å²) in [6.07, 6.45) is 2.37. The van der Waals surface area contributed by atoms with Gasteiger partial charge in [-0.25, -0.2) is 0 Å². The smallest absolute Gasteiger partial charge is 0.255 e. The van der Waals surface area contributed by atoms with E-state index in [1.807, 2.05) is 13.1 Å². The number of fused-ring (bicyclic) bond motifs is 3. The maximum absolute atomic E-state index is 13.9. The number of ketones is 2. The van der Waals surface area contributed by atoms with E-state index in [0.717, 1.165) is 24.9 Å². The van der Waals surface area contributed by atoms with Gasteiger partial charge < -0.3 is 26.2 Å². The highest BCUT2D eigenvalue weighted by Gasteiger charge is 2.64. The molecule has 1 aliphatic heterocycles. The van der Waals surface area contributed by atoms with Gasteiger partial charge in [-0.2, -0.15) is 0 Å². The summed E-state index contributed by atoms with van der Waals surface area (Å²) in [6, 6.07) is 2.61. The first-order valence-electron chi connectivity index (χ1n) is 12.7. The molecule has 0 spiro atoms. The Morgan fingerprint density at radius 3 is 2.54 bits per heavy atom. The predicted molar refractivity (Wildman–Crippen MR) is 133 cm³/mol. The Morgan fingerprint density at radius 1 is 1.24 bits per heavy atom. The number of amides is 1. The molecular weight excluding hydrogens is 478 g/mol. The Labute approximate surface area is 214 Å². The second-order valence-corrected chi connectivity index (χ2v) is 10.8. The fraction of sp³-hybridized carbons (Fsp3) is 0.519. The predicted octanol–water partition coefficient (Wildman–Crippen LogP) is 1.12. The minimum absolute atomic E-state index is 0.0895. The van der Waals surface area contributed by atoms with Crippen LogP contribution in [0, 0.1) is 11.8 Å². The van der Waals surface area contributed by atoms with Gasteiger partial charge in [-0.3, -0.25) is 24.2 Å². The summed E-state index contributed by atoms with van der Waals surface area (Å²) in [7, 11) is 3.66. The Bertz CT molecular complexity index is 1280. The first kappa shape index (κ1) is 25.4. The van der Waals surface area contributed by atoms with Crippen molar-refractivity contribution in [2.45, 2.75) is 50.3 Å². The number of benzene rings is 1. The average molecular weight is 512 g/mol. The van der Waals surface area contributed by atoms with Crippen molar-refractivity contribution in [2.75, 3.05) is 27.2 Å². The van der Waals surface area contributed by atoms with Crippen LogP contribution >= 0.6 is 0 Å². The highest BCUT2D eigenvalue weighted by atomic mass is 16.3. The number of aromatic hydroxyl groups is 1. The van der Waals surface area contributed by atoms with Gasteiger partial charge in [-0.1, -0.05) is 13.0 Å². The van der Waals surface area contributed by atoms with Crippen LogP contribution in [0.15, 0.2) is 29.0 Å². The van der Waals surface area contributed by atoms with Crippen molar-refractivity contribution in [3.05, 3.63) is 45.7 Å². The first-order valence-corrected chi connectivity index (χ1v) is 12.7. The lowest BCUT2D eigenvalue weighted by molar-refractivity contribution is -0.154. The van der Waals surface area contributed by atoms with Gasteiger partial charge in [0, 0.05) is 17.5 Å². The van der Waals surface area contributed by atoms with Gasteiger partial charge in [0.05, 0.1) is 11.6 Å². The molecule has 198 valence electrons. The molecule has 3 aliphatic carbocycles. The van der Waals surface area contributed by atoms with E-state index in [4.69, 9.17) is 5.73 Å². The van der Waals surface area contributed by atoms with Crippen molar-refractivity contribution < 1.29 is 34.8 Å². The Kier molecular flexibility index (Phi) is 5.97. The van der Waals surface area contributed by atoms with Gasteiger partial charge in [-0.05, 0) is 76.0 Å². The molecule has 1 unspecified atom stereocenters. The Morgan fingerprint density at radius 2 is 1.95 bits per heavy atom. The molecule has 0 radical (unpaired) electrons. The maximum atomic E-state index is 13.9. The van der Waals surface area contributed by atoms with E-state index in [2.05, 4.69) is 4.90 Å². The number of aliphatic hydroxyl groups is 3. The number of carbonyl (C=O) groups excluding carboxylic acids is 3. The molecule has 5 atom stereocenters. The molecule has 5 rings (SSSR count). The van der Waals surface area contributed by atoms with E-state index >= 15 is 0 Å². The van der Waals surface area contributed by atoms with Crippen molar-refractivity contribution in [3.8, 4) is 5.75 Å². The zero-order chi connectivity index (χ0) is 27.0. The largest absolute Gasteiger partial charge is 0.508 e. The third kappa shape index (κ3) is 3.46. The van der Waals surface area contributed by atoms with Gasteiger partial charge in [0.2, 0.25) is 5.78 Å². The van der Waals surface area contributed by atoms with Crippen LogP contribution in [0.5, 0.6) is 5.75 Å². The topological polar surface area (TPSA) is 165 Å². The number of primary amides is 1. The molecule has 1 amide bonds. The molecule has 1 aromatic carbocycles. The van der Waals surface area contributed by atoms with E-state index in [9.17, 15) is 34.8 Å². The molecular formula is C27H33N3O7. The summed E-state index contributed by atoms with van der Waals surface area (Å²) < 4.78 is 0. The molecule has 37 heavy (non-hydrogen) atoms. The van der Waals surface area contributed by atoms with E-state index in [1.54, 1.807) is 24.9 Å². The zero-order valence-electron chi connectivity index (χ0n) is 21.2. The number of phenols is 1. The highest BCUT2D eigenvalue weighted by molar-refractivity contribution is 6.24. The summed E-state index contributed by atoms with van der Waals surface area (Å²) in [5, 5.41) is 44.8. The van der Waals surface area contributed by atoms with E-state index < -0.39 is 58.0 Å². The molecule has 10 heteroatoms. The number of carbonyl (C=O) groups is 3. The molecule has 4 aliphatic rings. The van der Waals surface area contributed by atoms with E-state index in [0.29, 0.717) is 18.5 Å². The van der Waals surface area contributed by atoms with E-state index in [-0.39, 0.29) is 29.3 Å². The standard InChI is InChI=1S/C27H33N3O7/c1-4-29(2)21-15-10-14-9-13-8-12(16-6-5-7-30(16)3)11-17(31)18(13)22(32)19(14)24(34)27(15,37)25(35)20(23(21)33)26(28)36/h8,11,14-16,21,31-32,35,37H,4-7,9-10H2,1-3H3,(H2,28,36)/t14-,15-,16?,21-,27-/m0/s1. The molecule has 1 saturated heterocycles. The number of hydrogen-bond acceptors (Lipinski definition) is 9. The minimum atomic E-state index is -2.62. The van der Waals surface area contributed by atoms with Crippen molar-refractivity contribution in [1.29, 1.82) is 0 Å². The molecule has 1 heterocycles. The minimum Gasteiger partial charge on any atom is -0.508 e. The molecule has 10 nitrogen and oxygen atoms in total. The van der Waals surface area contributed by atoms with Crippen LogP contribution in [0.25, 0.3) is 5.76 Å². The first-order chi connectivity index (χ1) is 17.4. The summed E-state index contributed by atoms with van der Waals surface area (Å²) in [6.45, 7) is 3.11. The maximum Gasteiger partial charge on any atom is 0.255 e. The van der Waals surface area contributed by atoms with Crippen molar-refractivity contribution in [3.63, 3.8) is 0 Å². The number of Topliss-reactive ketones (excluding diaryl/α,β-unsaturated/α-hetero) is 2. The molecule has 2 fully saturated rings. The monoisotopic (exact) mass is 511 g/mol. The van der Waals surface area contributed by atoms with Gasteiger partial charge in [0.25, 0.3) is 5.91 Å². The number of likely N-dealkylation sites (N-methyl/N-ethyl adjacent to an activating group) is 1. The molecule has 1 aromatic rings. The summed E-state index contributed by atoms with van der Waals surface area (Å²) in [5.41, 5.74) is 3.55. The van der Waals surface area contributed by atoms with Crippen molar-refractivity contribution in [2.24, 2.45) is 17.6 Å². The average Bonchev–Trinajstić information content (AvgIpc) is 3.26. The van der Waals surface area contributed by atoms with Crippen LogP contribution in [0.2, 0.25) is 0 Å². The zero-order valence-corrected chi connectivity index (χ0v) is 21.2. The third-order valence-electron chi connectivity index (χ3n) is 8.87. The SMILES string of the molecule is CCN(C)[C@@H]1C(=O)C(C(N)=O)=C(O)[C@@]2(O)C(=O)C3=C(O)c4c(O)cc(C5CCCN5C)cc4C[C@H]3C[C@@H]12. The third-order valence-corrected chi connectivity index (χ3v) is 8.87. The molecule has 0 bridgehead atoms. The summed E-state index contributed by atoms with van der Waals surface area (Å²) in [4.78, 5) is 43.1. The normalized spacial score (nSPS) is 32.0. The number of likely N-dealkylation sites (tertiary alicyclic amines) is 1. The molecule has 6 N–H and O–H groups in total. The Hall–Kier alpha value is -3.21. The number of nitrogens with two attached hydrogens (primary N) is 1. The van der Waals surface area contributed by atoms with Gasteiger partial charge in [0.15, 0.2) is 11.4 Å². The van der Waals surface area contributed by atoms with Crippen LogP contribution < -0.4 is 5.73 Å². The summed E-state index contributed by atoms with van der Waals surface area (Å²) in [5.74, 6) is -6.31. The highest BCUT2D eigenvalue weighted by Crippen LogP contribution is 2.53. The van der Waals surface area contributed by atoms with E-state index in [1.165, 1.54) is 0 Å². The van der Waals surface area contributed by atoms with Crippen LogP contribution in [0.4, 0.5) is 0 Å². The fourth-order valence-corrected chi connectivity index (χ4v) is 6.93. The molecule has 0 aromatic heterocycles. The van der Waals surface area contributed by atoms with Crippen LogP contribution in [0.1, 0.15) is 48.9 Å². The number of nitrogens with zero attached hydrogens (tertiary/aromatic N) is 2. The lowest BCUT2D eigenvalue weighted by atomic mass is 9.57. The number of phenolic OH excluding ortho intramolecular Hbond substituents is 1. The lowest BCUT2D eigenvalue weighted by Crippen LogP contribution is -2.66. The second-order valence-electron chi connectivity index (χ2n) is 10.8. The lowest BCUT2D eigenvalue weighted by Gasteiger charge is -2.50. The van der Waals surface area contributed by atoms with Crippen molar-refractivity contribution >= 4 is 23.2 Å². The second kappa shape index (κ2) is 8.68. The van der Waals surface area contributed by atoms with Gasteiger partial charge >= 0.3 is 0 Å². The summed E-state index contributed by atoms with van der Waals surface area (Å²) >= 11 is 0. The van der Waals surface area contributed by atoms with Crippen LogP contribution in [-0.4, -0.2) is 86.5 Å². The fourth-order valence-electron chi connectivity index (χ4n) is 6.93. The molecule has 1 saturated carbocycles. The quantitative estimate of drug-likeness (QED) is 0.373. The van der Waals surface area contributed by atoms with Crippen molar-refractivity contribution in [1.82, 2.24) is 9.80 Å².